The van der Waals surface area contributed by atoms with Crippen LogP contribution in [0.4, 0.5) is 4.79 Å². The minimum absolute atomic E-state index is 0.0255. The first kappa shape index (κ1) is 25.5. The lowest BCUT2D eigenvalue weighted by Crippen LogP contribution is -2.46. The highest BCUT2D eigenvalue weighted by molar-refractivity contribution is 5.75. The average Bonchev–Trinajstić information content (AvgIpc) is 2.87. The van der Waals surface area contributed by atoms with E-state index in [1.54, 1.807) is 28.4 Å². The minimum atomic E-state index is -0.141. The van der Waals surface area contributed by atoms with Crippen molar-refractivity contribution in [2.24, 2.45) is 0 Å². The van der Waals surface area contributed by atoms with Gasteiger partial charge in [0.25, 0.3) is 0 Å². The number of rotatable bonds is 11. The van der Waals surface area contributed by atoms with E-state index in [0.29, 0.717) is 42.5 Å². The molecule has 1 aliphatic heterocycles. The Morgan fingerprint density at radius 3 is 2.26 bits per heavy atom. The van der Waals surface area contributed by atoms with Gasteiger partial charge in [0.15, 0.2) is 23.0 Å². The molecule has 34 heavy (non-hydrogen) atoms. The van der Waals surface area contributed by atoms with Crippen LogP contribution >= 0.6 is 0 Å². The zero-order chi connectivity index (χ0) is 24.5. The summed E-state index contributed by atoms with van der Waals surface area (Å²) < 4.78 is 22.0. The number of fused-ring (bicyclic) bond motifs is 1. The first-order valence-corrected chi connectivity index (χ1v) is 12.1. The molecule has 1 N–H and O–H groups in total. The van der Waals surface area contributed by atoms with Crippen LogP contribution in [0.15, 0.2) is 30.3 Å². The van der Waals surface area contributed by atoms with E-state index in [1.807, 2.05) is 35.2 Å². The summed E-state index contributed by atoms with van der Waals surface area (Å²) >= 11 is 0. The third-order valence-corrected chi connectivity index (χ3v) is 6.45. The molecule has 2 aromatic carbocycles. The third kappa shape index (κ3) is 5.88. The van der Waals surface area contributed by atoms with Crippen LogP contribution in [0.1, 0.15) is 55.3 Å². The maximum absolute atomic E-state index is 13.3. The summed E-state index contributed by atoms with van der Waals surface area (Å²) in [5, 5.41) is 3.14. The number of hydrogen-bond donors (Lipinski definition) is 1. The number of amides is 2. The van der Waals surface area contributed by atoms with Crippen molar-refractivity contribution in [3.63, 3.8) is 0 Å². The predicted octanol–water partition coefficient (Wildman–Crippen LogP) is 5.15. The van der Waals surface area contributed by atoms with Crippen molar-refractivity contribution in [2.45, 2.75) is 51.5 Å². The molecule has 1 atom stereocenters. The Kier molecular flexibility index (Phi) is 9.31. The van der Waals surface area contributed by atoms with Crippen LogP contribution < -0.4 is 24.3 Å². The van der Waals surface area contributed by atoms with Gasteiger partial charge in [0.1, 0.15) is 0 Å². The molecular weight excluding hydrogens is 432 g/mol. The molecule has 1 heterocycles. The Morgan fingerprint density at radius 2 is 1.59 bits per heavy atom. The van der Waals surface area contributed by atoms with Crippen molar-refractivity contribution in [1.29, 1.82) is 0 Å². The Labute approximate surface area is 203 Å². The second kappa shape index (κ2) is 12.4. The summed E-state index contributed by atoms with van der Waals surface area (Å²) in [5.74, 6) is 2.74. The van der Waals surface area contributed by atoms with E-state index in [1.165, 1.54) is 18.4 Å². The lowest BCUT2D eigenvalue weighted by Gasteiger charge is -2.38. The van der Waals surface area contributed by atoms with Gasteiger partial charge in [-0.05, 0) is 60.2 Å². The van der Waals surface area contributed by atoms with Gasteiger partial charge in [-0.1, -0.05) is 32.3 Å². The van der Waals surface area contributed by atoms with E-state index in [4.69, 9.17) is 18.9 Å². The fraction of sp³-hybridized carbons (Fsp3) is 0.519. The lowest BCUT2D eigenvalue weighted by molar-refractivity contribution is 0.168. The van der Waals surface area contributed by atoms with Crippen LogP contribution in [-0.4, -0.2) is 52.5 Å². The molecule has 0 saturated carbocycles. The second-order valence-corrected chi connectivity index (χ2v) is 8.55. The van der Waals surface area contributed by atoms with Gasteiger partial charge in [0, 0.05) is 13.1 Å². The zero-order valence-electron chi connectivity index (χ0n) is 21.1. The smallest absolute Gasteiger partial charge is 0.317 e. The molecule has 2 aromatic rings. The number of methoxy groups -OCH3 is 4. The van der Waals surface area contributed by atoms with E-state index in [2.05, 4.69) is 12.2 Å². The maximum atomic E-state index is 13.3. The van der Waals surface area contributed by atoms with Gasteiger partial charge in [-0.2, -0.15) is 0 Å². The number of urea groups is 1. The Hall–Kier alpha value is -3.09. The Balaban J connectivity index is 1.91. The minimum Gasteiger partial charge on any atom is -0.493 e. The molecule has 0 aromatic heterocycles. The SMILES string of the molecule is CCCCCCNC(=O)N1CCc2cc(OC)c(OC)cc2C1Cc1ccc(OC)c(OC)c1. The molecule has 186 valence electrons. The summed E-state index contributed by atoms with van der Waals surface area (Å²) in [6.45, 7) is 3.52. The van der Waals surface area contributed by atoms with Gasteiger partial charge in [-0.15, -0.1) is 0 Å². The third-order valence-electron chi connectivity index (χ3n) is 6.45. The Bertz CT molecular complexity index is 962. The van der Waals surface area contributed by atoms with E-state index < -0.39 is 0 Å². The normalized spacial score (nSPS) is 14.9. The molecule has 0 aliphatic carbocycles. The number of nitrogens with one attached hydrogen (secondary N) is 1. The van der Waals surface area contributed by atoms with Crippen molar-refractivity contribution in [3.05, 3.63) is 47.0 Å². The molecule has 0 fully saturated rings. The first-order valence-electron chi connectivity index (χ1n) is 12.1. The standard InChI is InChI=1S/C27H38N2O5/c1-6-7-8-9-13-28-27(30)29-14-12-20-17-25(33-4)26(34-5)18-21(20)22(29)15-19-10-11-23(31-2)24(16-19)32-3/h10-11,16-18,22H,6-9,12-15H2,1-5H3,(H,28,30). The van der Waals surface area contributed by atoms with Crippen LogP contribution in [0.3, 0.4) is 0 Å². The van der Waals surface area contributed by atoms with Crippen LogP contribution in [0.2, 0.25) is 0 Å². The molecule has 1 unspecified atom stereocenters. The van der Waals surface area contributed by atoms with Crippen LogP contribution in [0, 0.1) is 0 Å². The van der Waals surface area contributed by atoms with Crippen molar-refractivity contribution >= 4 is 6.03 Å². The van der Waals surface area contributed by atoms with Crippen LogP contribution in [0.25, 0.3) is 0 Å². The monoisotopic (exact) mass is 470 g/mol. The van der Waals surface area contributed by atoms with Crippen LogP contribution in [0.5, 0.6) is 23.0 Å². The molecule has 0 bridgehead atoms. The van der Waals surface area contributed by atoms with Gasteiger partial charge in [0.2, 0.25) is 0 Å². The zero-order valence-corrected chi connectivity index (χ0v) is 21.1. The fourth-order valence-corrected chi connectivity index (χ4v) is 4.57. The van der Waals surface area contributed by atoms with Crippen molar-refractivity contribution in [3.8, 4) is 23.0 Å². The molecule has 2 amide bonds. The second-order valence-electron chi connectivity index (χ2n) is 8.55. The fourth-order valence-electron chi connectivity index (χ4n) is 4.57. The summed E-state index contributed by atoms with van der Waals surface area (Å²) in [6.07, 6.45) is 5.90. The highest BCUT2D eigenvalue weighted by Gasteiger charge is 2.32. The maximum Gasteiger partial charge on any atom is 0.317 e. The van der Waals surface area contributed by atoms with E-state index >= 15 is 0 Å². The van der Waals surface area contributed by atoms with Crippen molar-refractivity contribution < 1.29 is 23.7 Å². The summed E-state index contributed by atoms with van der Waals surface area (Å²) in [7, 11) is 6.54. The largest absolute Gasteiger partial charge is 0.493 e. The molecule has 0 saturated heterocycles. The van der Waals surface area contributed by atoms with Gasteiger partial charge in [0.05, 0.1) is 34.5 Å². The average molecular weight is 471 g/mol. The molecular formula is C27H38N2O5. The van der Waals surface area contributed by atoms with E-state index in [-0.39, 0.29) is 12.1 Å². The van der Waals surface area contributed by atoms with Gasteiger partial charge >= 0.3 is 6.03 Å². The van der Waals surface area contributed by atoms with Crippen LogP contribution in [-0.2, 0) is 12.8 Å². The van der Waals surface area contributed by atoms with E-state index in [0.717, 1.165) is 30.4 Å². The summed E-state index contributed by atoms with van der Waals surface area (Å²) in [4.78, 5) is 15.2. The molecule has 7 heteroatoms. The molecule has 0 radical (unpaired) electrons. The van der Waals surface area contributed by atoms with E-state index in [9.17, 15) is 4.79 Å². The van der Waals surface area contributed by atoms with Gasteiger partial charge in [-0.3, -0.25) is 0 Å². The molecule has 3 rings (SSSR count). The number of nitrogens with zero attached hydrogens (tertiary/aromatic N) is 1. The number of unbranched alkanes of at least 4 members (excludes halogenated alkanes) is 3. The topological polar surface area (TPSA) is 69.3 Å². The Morgan fingerprint density at radius 1 is 0.912 bits per heavy atom. The number of carbonyl (C=O) groups excluding carboxylic acids is 1. The highest BCUT2D eigenvalue weighted by Crippen LogP contribution is 2.40. The number of hydrogen-bond acceptors (Lipinski definition) is 5. The number of ether oxygens (including phenoxy) is 4. The molecule has 0 spiro atoms. The number of benzene rings is 2. The molecule has 1 aliphatic rings. The number of carbonyl (C=O) groups is 1. The first-order chi connectivity index (χ1) is 16.6. The highest BCUT2D eigenvalue weighted by atomic mass is 16.5. The quantitative estimate of drug-likeness (QED) is 0.460. The van der Waals surface area contributed by atoms with Crippen molar-refractivity contribution in [1.82, 2.24) is 10.2 Å². The van der Waals surface area contributed by atoms with Gasteiger partial charge < -0.3 is 29.2 Å². The van der Waals surface area contributed by atoms with Crippen molar-refractivity contribution in [2.75, 3.05) is 41.5 Å². The lowest BCUT2D eigenvalue weighted by atomic mass is 9.88. The van der Waals surface area contributed by atoms with Gasteiger partial charge in [-0.25, -0.2) is 4.79 Å². The predicted molar refractivity (Wildman–Crippen MR) is 133 cm³/mol. The summed E-state index contributed by atoms with van der Waals surface area (Å²) in [6, 6.07) is 9.80. The summed E-state index contributed by atoms with van der Waals surface area (Å²) in [5.41, 5.74) is 3.32. The molecule has 7 nitrogen and oxygen atoms in total.